The van der Waals surface area contributed by atoms with E-state index in [0.29, 0.717) is 0 Å². The van der Waals surface area contributed by atoms with Crippen molar-refractivity contribution >= 4 is 29.8 Å². The number of piperidine rings is 1. The Bertz CT molecular complexity index is 586. The second kappa shape index (κ2) is 9.16. The van der Waals surface area contributed by atoms with E-state index in [4.69, 9.17) is 18.9 Å². The van der Waals surface area contributed by atoms with E-state index in [2.05, 4.69) is 0 Å². The van der Waals surface area contributed by atoms with E-state index in [0.717, 1.165) is 20.8 Å². The molecular weight excluding hydrogens is 350 g/mol. The zero-order chi connectivity index (χ0) is 20.0. The Morgan fingerprint density at radius 1 is 0.769 bits per heavy atom. The fourth-order valence-corrected chi connectivity index (χ4v) is 2.78. The van der Waals surface area contributed by atoms with Gasteiger partial charge < -0.3 is 23.8 Å². The molecule has 10 heteroatoms. The molecule has 1 aliphatic heterocycles. The highest BCUT2D eigenvalue weighted by molar-refractivity contribution is 5.75. The molecule has 0 bridgehead atoms. The minimum absolute atomic E-state index is 0.115. The molecule has 0 aromatic heterocycles. The van der Waals surface area contributed by atoms with Gasteiger partial charge in [-0.2, -0.15) is 0 Å². The molecule has 0 N–H and O–H groups in total. The molecule has 1 aliphatic rings. The summed E-state index contributed by atoms with van der Waals surface area (Å²) < 4.78 is 20.6. The van der Waals surface area contributed by atoms with Gasteiger partial charge in [-0.3, -0.25) is 24.0 Å². The van der Waals surface area contributed by atoms with E-state index in [1.165, 1.54) is 18.7 Å². The lowest BCUT2D eigenvalue weighted by Crippen LogP contribution is -2.66. The first-order valence-electron chi connectivity index (χ1n) is 7.95. The van der Waals surface area contributed by atoms with Crippen LogP contribution in [0.1, 0.15) is 34.6 Å². The van der Waals surface area contributed by atoms with Crippen LogP contribution in [0.2, 0.25) is 0 Å². The number of amides is 1. The molecule has 0 aromatic rings. The number of likely N-dealkylation sites (tertiary alicyclic amines) is 1. The predicted octanol–water partition coefficient (Wildman–Crippen LogP) is -0.425. The van der Waals surface area contributed by atoms with Gasteiger partial charge in [-0.05, 0) is 0 Å². The zero-order valence-electron chi connectivity index (χ0n) is 15.3. The van der Waals surface area contributed by atoms with E-state index < -0.39 is 54.1 Å². The first kappa shape index (κ1) is 21.4. The Hall–Kier alpha value is -2.65. The molecule has 146 valence electrons. The lowest BCUT2D eigenvalue weighted by Gasteiger charge is -2.46. The Morgan fingerprint density at radius 2 is 1.27 bits per heavy atom. The van der Waals surface area contributed by atoms with Crippen molar-refractivity contribution in [3.63, 3.8) is 0 Å². The zero-order valence-corrected chi connectivity index (χ0v) is 15.3. The summed E-state index contributed by atoms with van der Waals surface area (Å²) in [5.41, 5.74) is 0. The molecular formula is C16H23NO9. The summed E-state index contributed by atoms with van der Waals surface area (Å²) in [6.07, 6.45) is -3.38. The van der Waals surface area contributed by atoms with E-state index in [1.54, 1.807) is 0 Å². The van der Waals surface area contributed by atoms with Crippen LogP contribution < -0.4 is 0 Å². The van der Waals surface area contributed by atoms with Gasteiger partial charge in [-0.1, -0.05) is 0 Å². The van der Waals surface area contributed by atoms with Crippen LogP contribution in [-0.4, -0.2) is 72.2 Å². The summed E-state index contributed by atoms with van der Waals surface area (Å²) in [4.78, 5) is 58.9. The number of carbonyl (C=O) groups is 5. The van der Waals surface area contributed by atoms with Crippen molar-refractivity contribution in [3.05, 3.63) is 0 Å². The molecule has 0 radical (unpaired) electrons. The molecule has 26 heavy (non-hydrogen) atoms. The molecule has 1 fully saturated rings. The SMILES string of the molecule is CC(=O)OC[C@H]1[C@H](OC(C)=O)[C@@H](OC(C)=O)[C@@H](OC(C)=O)CN1C(C)=O. The number of hydrogen-bond donors (Lipinski definition) is 0. The van der Waals surface area contributed by atoms with E-state index in [1.807, 2.05) is 0 Å². The van der Waals surface area contributed by atoms with Crippen molar-refractivity contribution in [2.75, 3.05) is 13.2 Å². The van der Waals surface area contributed by atoms with Crippen molar-refractivity contribution in [1.82, 2.24) is 4.90 Å². The maximum atomic E-state index is 12.0. The monoisotopic (exact) mass is 373 g/mol. The normalized spacial score (nSPS) is 25.0. The molecule has 1 rings (SSSR count). The van der Waals surface area contributed by atoms with Crippen LogP contribution in [0.25, 0.3) is 0 Å². The van der Waals surface area contributed by atoms with Crippen molar-refractivity contribution in [2.45, 2.75) is 59.0 Å². The van der Waals surface area contributed by atoms with Gasteiger partial charge in [0.05, 0.1) is 6.54 Å². The second-order valence-corrected chi connectivity index (χ2v) is 5.84. The third kappa shape index (κ3) is 6.01. The Morgan fingerprint density at radius 3 is 1.69 bits per heavy atom. The lowest BCUT2D eigenvalue weighted by atomic mass is 9.93. The molecule has 1 heterocycles. The summed E-state index contributed by atoms with van der Waals surface area (Å²) >= 11 is 0. The molecule has 0 unspecified atom stereocenters. The van der Waals surface area contributed by atoms with E-state index in [9.17, 15) is 24.0 Å². The minimum Gasteiger partial charge on any atom is -0.464 e. The quantitative estimate of drug-likeness (QED) is 0.466. The highest BCUT2D eigenvalue weighted by Crippen LogP contribution is 2.27. The summed E-state index contributed by atoms with van der Waals surface area (Å²) in [6.45, 7) is 5.51. The molecule has 4 atom stereocenters. The summed E-state index contributed by atoms with van der Waals surface area (Å²) in [7, 11) is 0. The van der Waals surface area contributed by atoms with Crippen molar-refractivity contribution in [3.8, 4) is 0 Å². The average Bonchev–Trinajstić information content (AvgIpc) is 2.47. The number of ether oxygens (including phenoxy) is 4. The number of nitrogens with zero attached hydrogens (tertiary/aromatic N) is 1. The molecule has 0 spiro atoms. The molecule has 1 saturated heterocycles. The van der Waals surface area contributed by atoms with Crippen LogP contribution in [0.3, 0.4) is 0 Å². The predicted molar refractivity (Wildman–Crippen MR) is 84.5 cm³/mol. The fourth-order valence-electron chi connectivity index (χ4n) is 2.78. The highest BCUT2D eigenvalue weighted by Gasteiger charge is 2.50. The number of rotatable bonds is 5. The minimum atomic E-state index is -1.18. The summed E-state index contributed by atoms with van der Waals surface area (Å²) in [5.74, 6) is -3.06. The first-order chi connectivity index (χ1) is 12.0. The Kier molecular flexibility index (Phi) is 7.54. The highest BCUT2D eigenvalue weighted by atomic mass is 16.6. The third-order valence-electron chi connectivity index (χ3n) is 3.63. The van der Waals surface area contributed by atoms with E-state index in [-0.39, 0.29) is 13.2 Å². The van der Waals surface area contributed by atoms with E-state index >= 15 is 0 Å². The second-order valence-electron chi connectivity index (χ2n) is 5.84. The van der Waals surface area contributed by atoms with Crippen LogP contribution in [0.4, 0.5) is 0 Å². The summed E-state index contributed by atoms with van der Waals surface area (Å²) in [6, 6.07) is -0.906. The van der Waals surface area contributed by atoms with Crippen LogP contribution in [0.5, 0.6) is 0 Å². The van der Waals surface area contributed by atoms with Gasteiger partial charge in [0.2, 0.25) is 5.91 Å². The van der Waals surface area contributed by atoms with Gasteiger partial charge in [0, 0.05) is 34.6 Å². The Labute approximate surface area is 150 Å². The number of hydrogen-bond acceptors (Lipinski definition) is 9. The van der Waals surface area contributed by atoms with Gasteiger partial charge in [0.25, 0.3) is 0 Å². The average molecular weight is 373 g/mol. The topological polar surface area (TPSA) is 126 Å². The Balaban J connectivity index is 3.29. The lowest BCUT2D eigenvalue weighted by molar-refractivity contribution is -0.208. The van der Waals surface area contributed by atoms with Crippen molar-refractivity contribution < 1.29 is 42.9 Å². The maximum Gasteiger partial charge on any atom is 0.303 e. The smallest absolute Gasteiger partial charge is 0.303 e. The third-order valence-corrected chi connectivity index (χ3v) is 3.63. The van der Waals surface area contributed by atoms with Gasteiger partial charge >= 0.3 is 23.9 Å². The standard InChI is InChI=1S/C16H23NO9/c1-8(18)17-6-14(24-10(3)20)16(26-12(5)22)15(25-11(4)21)13(17)7-23-9(2)19/h13-16H,6-7H2,1-5H3/t13-,14-,15-,16-/m0/s1. The van der Waals surface area contributed by atoms with Gasteiger partial charge in [-0.25, -0.2) is 0 Å². The van der Waals surface area contributed by atoms with Crippen LogP contribution in [0.15, 0.2) is 0 Å². The molecule has 0 aliphatic carbocycles. The molecule has 0 aromatic carbocycles. The summed E-state index contributed by atoms with van der Waals surface area (Å²) in [5, 5.41) is 0. The van der Waals surface area contributed by atoms with Crippen LogP contribution in [-0.2, 0) is 42.9 Å². The van der Waals surface area contributed by atoms with Crippen LogP contribution in [0, 0.1) is 0 Å². The van der Waals surface area contributed by atoms with Gasteiger partial charge in [-0.15, -0.1) is 0 Å². The fraction of sp³-hybridized carbons (Fsp3) is 0.688. The number of carbonyl (C=O) groups excluding carboxylic acids is 5. The molecule has 10 nitrogen and oxygen atoms in total. The van der Waals surface area contributed by atoms with Gasteiger partial charge in [0.15, 0.2) is 18.3 Å². The largest absolute Gasteiger partial charge is 0.464 e. The van der Waals surface area contributed by atoms with Crippen LogP contribution >= 0.6 is 0 Å². The molecule has 1 amide bonds. The van der Waals surface area contributed by atoms with Gasteiger partial charge in [0.1, 0.15) is 12.6 Å². The van der Waals surface area contributed by atoms with Crippen molar-refractivity contribution in [2.24, 2.45) is 0 Å². The van der Waals surface area contributed by atoms with Crippen molar-refractivity contribution in [1.29, 1.82) is 0 Å². The maximum absolute atomic E-state index is 12.0. The first-order valence-corrected chi connectivity index (χ1v) is 7.95. The number of esters is 4. The molecule has 0 saturated carbocycles.